The minimum Gasteiger partial charge on any atom is -0.294 e. The van der Waals surface area contributed by atoms with Crippen LogP contribution in [-0.4, -0.2) is 46.9 Å². The van der Waals surface area contributed by atoms with Gasteiger partial charge in [-0.25, -0.2) is 0 Å². The number of nitrogens with zero attached hydrogens (tertiary/aromatic N) is 2. The molecule has 0 bridgehead atoms. The normalized spacial score (nSPS) is 13.0. The summed E-state index contributed by atoms with van der Waals surface area (Å²) in [5.74, 6) is -6.06. The maximum Gasteiger partial charge on any atom is 0.398 e. The van der Waals surface area contributed by atoms with Gasteiger partial charge in [0.05, 0.1) is 0 Å². The van der Waals surface area contributed by atoms with Crippen molar-refractivity contribution in [1.82, 2.24) is 0 Å². The summed E-state index contributed by atoms with van der Waals surface area (Å²) < 4.78 is 76.5. The largest absolute Gasteiger partial charge is 0.398 e. The quantitative estimate of drug-likeness (QED) is 0.0772. The Morgan fingerprint density at radius 3 is 1.18 bits per heavy atom. The van der Waals surface area contributed by atoms with Crippen molar-refractivity contribution in [1.29, 1.82) is 0 Å². The molecule has 0 aliphatic heterocycles. The van der Waals surface area contributed by atoms with E-state index in [0.717, 1.165) is 21.5 Å². The first-order chi connectivity index (χ1) is 20.5. The number of hydrogen-bond acceptors (Lipinski definition) is 6. The van der Waals surface area contributed by atoms with Crippen LogP contribution in [0.3, 0.4) is 0 Å². The summed E-state index contributed by atoms with van der Waals surface area (Å²) in [4.78, 5) is 42.6. The lowest BCUT2D eigenvalue weighted by Crippen LogP contribution is -2.31. The summed E-state index contributed by atoms with van der Waals surface area (Å²) in [6.45, 7) is -2.61. The van der Waals surface area contributed by atoms with Gasteiger partial charge < -0.3 is 0 Å². The summed E-state index contributed by atoms with van der Waals surface area (Å²) in [7, 11) is 0. The molecule has 0 aliphatic rings. The molecule has 0 unspecified atom stereocenters. The van der Waals surface area contributed by atoms with E-state index in [4.69, 9.17) is 0 Å². The highest BCUT2D eigenvalue weighted by Crippen LogP contribution is 2.32. The Morgan fingerprint density at radius 1 is 0.568 bits per heavy atom. The van der Waals surface area contributed by atoms with Crippen LogP contribution in [-0.2, 0) is 0 Å². The molecule has 0 N–H and O–H groups in total. The molecule has 0 aliphatic carbocycles. The number of nitro groups is 2. The number of alkyl halides is 6. The number of rotatable bonds is 10. The van der Waals surface area contributed by atoms with E-state index in [2.05, 4.69) is 0 Å². The van der Waals surface area contributed by atoms with E-state index in [1.54, 1.807) is 48.5 Å². The fourth-order valence-electron chi connectivity index (χ4n) is 4.34. The Kier molecular flexibility index (Phi) is 10.7. The number of carbonyl (C=O) groups is 2. The standard InChI is InChI=1S/2C15H12F3NO3/c2*16-15(17,18)13(9-19(21)22)8-14(20)12-6-5-10-3-1-2-4-11(10)7-12/h2*1-7,13H,8-9H2/t2*13-/m00/s1. The summed E-state index contributed by atoms with van der Waals surface area (Å²) >= 11 is 0. The molecule has 0 fully saturated rings. The minimum absolute atomic E-state index is 0.122. The average Bonchev–Trinajstić information content (AvgIpc) is 2.94. The highest BCUT2D eigenvalue weighted by molar-refractivity contribution is 6.00. The fraction of sp³-hybridized carbons (Fsp3) is 0.267. The number of Topliss-reactive ketones (excluding diaryl/α,β-unsaturated/α-hetero) is 2. The number of carbonyl (C=O) groups excluding carboxylic acids is 2. The van der Waals surface area contributed by atoms with Gasteiger partial charge >= 0.3 is 12.4 Å². The molecule has 0 radical (unpaired) electrons. The molecule has 0 saturated carbocycles. The Labute approximate surface area is 245 Å². The van der Waals surface area contributed by atoms with Gasteiger partial charge in [0.1, 0.15) is 11.8 Å². The van der Waals surface area contributed by atoms with Gasteiger partial charge in [-0.3, -0.25) is 29.8 Å². The minimum atomic E-state index is -4.78. The lowest BCUT2D eigenvalue weighted by molar-refractivity contribution is -0.497. The van der Waals surface area contributed by atoms with Crippen LogP contribution in [0.2, 0.25) is 0 Å². The van der Waals surface area contributed by atoms with E-state index in [9.17, 15) is 56.2 Å². The van der Waals surface area contributed by atoms with Gasteiger partial charge in [-0.15, -0.1) is 0 Å². The maximum absolute atomic E-state index is 12.8. The first-order valence-electron chi connectivity index (χ1n) is 13.0. The second kappa shape index (κ2) is 14.1. The van der Waals surface area contributed by atoms with Crippen molar-refractivity contribution in [2.45, 2.75) is 25.2 Å². The monoisotopic (exact) mass is 622 g/mol. The van der Waals surface area contributed by atoms with Crippen LogP contribution in [0.15, 0.2) is 84.9 Å². The fourth-order valence-corrected chi connectivity index (χ4v) is 4.34. The molecular formula is C30H24F6N2O6. The number of hydrogen-bond donors (Lipinski definition) is 0. The molecule has 4 aromatic carbocycles. The van der Waals surface area contributed by atoms with Gasteiger partial charge in [-0.05, 0) is 33.7 Å². The Morgan fingerprint density at radius 2 is 0.886 bits per heavy atom. The lowest BCUT2D eigenvalue weighted by atomic mass is 9.96. The molecule has 0 spiro atoms. The number of fused-ring (bicyclic) bond motifs is 2. The summed E-state index contributed by atoms with van der Waals surface area (Å²) in [6, 6.07) is 23.4. The van der Waals surface area contributed by atoms with E-state index in [-0.39, 0.29) is 11.1 Å². The van der Waals surface area contributed by atoms with E-state index in [0.29, 0.717) is 0 Å². The Hall–Kier alpha value is -4.88. The zero-order valence-corrected chi connectivity index (χ0v) is 22.7. The predicted molar refractivity (Wildman–Crippen MR) is 149 cm³/mol. The second-order valence-electron chi connectivity index (χ2n) is 9.89. The van der Waals surface area contributed by atoms with Crippen molar-refractivity contribution < 1.29 is 45.8 Å². The second-order valence-corrected chi connectivity index (χ2v) is 9.89. The molecule has 4 rings (SSSR count). The third-order valence-corrected chi connectivity index (χ3v) is 6.67. The van der Waals surface area contributed by atoms with E-state index < -0.39 is 71.5 Å². The van der Waals surface area contributed by atoms with Gasteiger partial charge in [-0.2, -0.15) is 26.3 Å². The third kappa shape index (κ3) is 9.57. The van der Waals surface area contributed by atoms with Crippen LogP contribution in [0, 0.1) is 32.1 Å². The van der Waals surface area contributed by atoms with Crippen LogP contribution in [0.4, 0.5) is 26.3 Å². The first kappa shape index (κ1) is 33.6. The molecule has 4 aromatic rings. The van der Waals surface area contributed by atoms with Gasteiger partial charge in [0.15, 0.2) is 11.6 Å². The highest BCUT2D eigenvalue weighted by Gasteiger charge is 2.45. The van der Waals surface area contributed by atoms with Crippen molar-refractivity contribution in [3.63, 3.8) is 0 Å². The molecule has 44 heavy (non-hydrogen) atoms. The molecule has 0 amide bonds. The number of ketones is 2. The summed E-state index contributed by atoms with van der Waals surface area (Å²) in [5.41, 5.74) is 0.243. The smallest absolute Gasteiger partial charge is 0.294 e. The molecule has 2 atom stereocenters. The zero-order chi connectivity index (χ0) is 32.7. The SMILES string of the molecule is O=C(C[C@@H](C[N+](=O)[O-])C(F)(F)F)c1ccc2ccccc2c1.O=C(C[C@@H](C[N+](=O)[O-])C(F)(F)F)c1ccc2ccccc2c1. The maximum atomic E-state index is 12.8. The predicted octanol–water partition coefficient (Wildman–Crippen LogP) is 7.74. The van der Waals surface area contributed by atoms with Crippen molar-refractivity contribution in [3.8, 4) is 0 Å². The highest BCUT2D eigenvalue weighted by atomic mass is 19.4. The number of halogens is 6. The molecule has 0 heterocycles. The lowest BCUT2D eigenvalue weighted by Gasteiger charge is -2.15. The van der Waals surface area contributed by atoms with Crippen molar-refractivity contribution in [2.75, 3.05) is 13.1 Å². The Bertz CT molecular complexity index is 1550. The van der Waals surface area contributed by atoms with Gasteiger partial charge in [0, 0.05) is 33.8 Å². The van der Waals surface area contributed by atoms with Crippen LogP contribution in [0.25, 0.3) is 21.5 Å². The first-order valence-corrected chi connectivity index (χ1v) is 13.0. The van der Waals surface area contributed by atoms with Gasteiger partial charge in [0.25, 0.3) is 0 Å². The molecule has 14 heteroatoms. The summed E-state index contributed by atoms with van der Waals surface area (Å²) in [5, 5.41) is 23.9. The van der Waals surface area contributed by atoms with E-state index >= 15 is 0 Å². The van der Waals surface area contributed by atoms with Crippen LogP contribution < -0.4 is 0 Å². The van der Waals surface area contributed by atoms with Crippen LogP contribution in [0.1, 0.15) is 33.6 Å². The topological polar surface area (TPSA) is 120 Å². The van der Waals surface area contributed by atoms with Crippen LogP contribution in [0.5, 0.6) is 0 Å². The summed E-state index contributed by atoms with van der Waals surface area (Å²) in [6.07, 6.45) is -11.4. The van der Waals surface area contributed by atoms with E-state index in [1.807, 2.05) is 12.1 Å². The molecular weight excluding hydrogens is 598 g/mol. The van der Waals surface area contributed by atoms with Gasteiger partial charge in [-0.1, -0.05) is 72.8 Å². The van der Waals surface area contributed by atoms with E-state index in [1.165, 1.54) is 24.3 Å². The third-order valence-electron chi connectivity index (χ3n) is 6.67. The molecule has 0 saturated heterocycles. The van der Waals surface area contributed by atoms with Crippen LogP contribution >= 0.6 is 0 Å². The van der Waals surface area contributed by atoms with Crippen molar-refractivity contribution in [2.24, 2.45) is 11.8 Å². The average molecular weight is 623 g/mol. The molecule has 232 valence electrons. The molecule has 8 nitrogen and oxygen atoms in total. The molecule has 0 aromatic heterocycles. The van der Waals surface area contributed by atoms with Gasteiger partial charge in [0.2, 0.25) is 13.1 Å². The number of benzene rings is 4. The zero-order valence-electron chi connectivity index (χ0n) is 22.7. The van der Waals surface area contributed by atoms with Crippen molar-refractivity contribution in [3.05, 3.63) is 116 Å². The van der Waals surface area contributed by atoms with Crippen molar-refractivity contribution >= 4 is 33.1 Å². The Balaban J connectivity index is 0.000000240.